The van der Waals surface area contributed by atoms with Crippen LogP contribution < -0.4 is 20.3 Å². The lowest BCUT2D eigenvalue weighted by Gasteiger charge is -2.26. The molecule has 1 amide bonds. The summed E-state index contributed by atoms with van der Waals surface area (Å²) in [4.78, 5) is 57.0. The molecule has 0 spiro atoms. The van der Waals surface area contributed by atoms with E-state index in [2.05, 4.69) is 9.97 Å². The normalized spacial score (nSPS) is 12.6. The summed E-state index contributed by atoms with van der Waals surface area (Å²) >= 11 is 0. The lowest BCUT2D eigenvalue weighted by Crippen LogP contribution is -2.40. The van der Waals surface area contributed by atoms with Crippen LogP contribution in [0.15, 0.2) is 94.8 Å². The zero-order valence-corrected chi connectivity index (χ0v) is 30.2. The SMILES string of the molecule is CCCOc1ccc(F)c2c(=O)c(-c3ccc(C(=O)N4CCOCC4)cc3)c[nH]c12.CCCOc1ccc(F)c2c(=O)c(-c3ccc(C(=O)O)cc3)c[nH]c12. The topological polar surface area (TPSA) is 151 Å². The van der Waals surface area contributed by atoms with Crippen LogP contribution in [0, 0.1) is 11.6 Å². The van der Waals surface area contributed by atoms with Gasteiger partial charge in [-0.3, -0.25) is 14.4 Å². The number of hydrogen-bond acceptors (Lipinski definition) is 7. The number of hydrogen-bond donors (Lipinski definition) is 3. The molecule has 284 valence electrons. The van der Waals surface area contributed by atoms with Gasteiger partial charge in [-0.05, 0) is 72.5 Å². The van der Waals surface area contributed by atoms with Crippen molar-refractivity contribution in [3.8, 4) is 33.8 Å². The van der Waals surface area contributed by atoms with Crippen LogP contribution in [0.4, 0.5) is 8.78 Å². The first-order valence-corrected chi connectivity index (χ1v) is 17.9. The van der Waals surface area contributed by atoms with Crippen LogP contribution in [0.25, 0.3) is 44.1 Å². The molecule has 6 aromatic rings. The molecule has 55 heavy (non-hydrogen) atoms. The van der Waals surface area contributed by atoms with E-state index in [1.165, 1.54) is 54.7 Å². The Balaban J connectivity index is 0.000000190. The van der Waals surface area contributed by atoms with E-state index in [4.69, 9.17) is 19.3 Å². The van der Waals surface area contributed by atoms with E-state index in [0.29, 0.717) is 84.3 Å². The molecule has 1 saturated heterocycles. The van der Waals surface area contributed by atoms with Crippen LogP contribution in [0.2, 0.25) is 0 Å². The maximum atomic E-state index is 14.5. The van der Waals surface area contributed by atoms with Crippen molar-refractivity contribution < 1.29 is 37.7 Å². The van der Waals surface area contributed by atoms with E-state index in [9.17, 15) is 28.0 Å². The van der Waals surface area contributed by atoms with Gasteiger partial charge in [0.25, 0.3) is 5.91 Å². The van der Waals surface area contributed by atoms with Gasteiger partial charge in [0, 0.05) is 42.2 Å². The van der Waals surface area contributed by atoms with Crippen LogP contribution in [-0.2, 0) is 4.74 Å². The molecule has 0 saturated carbocycles. The van der Waals surface area contributed by atoms with Gasteiger partial charge < -0.3 is 34.2 Å². The lowest BCUT2D eigenvalue weighted by atomic mass is 10.0. The number of rotatable bonds is 10. The lowest BCUT2D eigenvalue weighted by molar-refractivity contribution is 0.0303. The van der Waals surface area contributed by atoms with E-state index < -0.39 is 28.5 Å². The maximum absolute atomic E-state index is 14.5. The fourth-order valence-corrected chi connectivity index (χ4v) is 6.16. The van der Waals surface area contributed by atoms with Gasteiger partial charge in [0.1, 0.15) is 23.1 Å². The molecular weight excluding hydrogens is 712 g/mol. The Kier molecular flexibility index (Phi) is 12.0. The van der Waals surface area contributed by atoms with Crippen molar-refractivity contribution in [1.29, 1.82) is 0 Å². The molecular formula is C42H39F2N3O8. The van der Waals surface area contributed by atoms with Crippen molar-refractivity contribution in [2.24, 2.45) is 0 Å². The number of nitrogens with zero attached hydrogens (tertiary/aromatic N) is 1. The third-order valence-corrected chi connectivity index (χ3v) is 9.00. The molecule has 3 N–H and O–H groups in total. The Morgan fingerprint density at radius 2 is 1.13 bits per heavy atom. The van der Waals surface area contributed by atoms with Crippen molar-refractivity contribution in [1.82, 2.24) is 14.9 Å². The standard InChI is InChI=1S/C23H23FN2O4.C19H16FNO4/c1-2-11-30-19-8-7-18(24)20-21(19)25-14-17(22(20)27)15-3-5-16(6-4-15)23(28)26-9-12-29-13-10-26;1-2-9-25-15-8-7-14(20)16-17(15)21-10-13(18(16)22)11-3-5-12(6-4-11)19(23)24/h3-8,14H,2,9-13H2,1H3,(H,25,27);3-8,10H,2,9H2,1H3,(H,21,22)(H,23,24). The number of ether oxygens (including phenoxy) is 3. The van der Waals surface area contributed by atoms with Crippen molar-refractivity contribution in [3.05, 3.63) is 128 Å². The zero-order chi connectivity index (χ0) is 39.1. The van der Waals surface area contributed by atoms with Crippen LogP contribution in [-0.4, -0.2) is 71.4 Å². The smallest absolute Gasteiger partial charge is 0.335 e. The summed E-state index contributed by atoms with van der Waals surface area (Å²) in [6.07, 6.45) is 4.63. The summed E-state index contributed by atoms with van der Waals surface area (Å²) in [7, 11) is 0. The van der Waals surface area contributed by atoms with E-state index in [0.717, 1.165) is 12.8 Å². The summed E-state index contributed by atoms with van der Waals surface area (Å²) in [6, 6.07) is 18.1. The summed E-state index contributed by atoms with van der Waals surface area (Å²) in [5, 5.41) is 8.84. The summed E-state index contributed by atoms with van der Waals surface area (Å²) in [5.74, 6) is -1.49. The first-order chi connectivity index (χ1) is 26.6. The quantitative estimate of drug-likeness (QED) is 0.131. The molecule has 11 nitrogen and oxygen atoms in total. The predicted molar refractivity (Wildman–Crippen MR) is 205 cm³/mol. The third-order valence-electron chi connectivity index (χ3n) is 9.00. The first kappa shape index (κ1) is 38.4. The minimum Gasteiger partial charge on any atom is -0.491 e. The number of carboxylic acids is 1. The van der Waals surface area contributed by atoms with E-state index in [1.807, 2.05) is 13.8 Å². The molecule has 0 unspecified atom stereocenters. The van der Waals surface area contributed by atoms with Crippen molar-refractivity contribution in [2.75, 3.05) is 39.5 Å². The summed E-state index contributed by atoms with van der Waals surface area (Å²) in [5.41, 5.74) is 2.12. The maximum Gasteiger partial charge on any atom is 0.335 e. The van der Waals surface area contributed by atoms with Crippen LogP contribution in [0.3, 0.4) is 0 Å². The number of carbonyl (C=O) groups excluding carboxylic acids is 1. The number of carbonyl (C=O) groups is 2. The van der Waals surface area contributed by atoms with E-state index >= 15 is 0 Å². The molecule has 0 atom stereocenters. The number of H-pyrrole nitrogens is 2. The van der Waals surface area contributed by atoms with Crippen LogP contribution >= 0.6 is 0 Å². The zero-order valence-electron chi connectivity index (χ0n) is 30.2. The number of halogens is 2. The number of pyridine rings is 2. The largest absolute Gasteiger partial charge is 0.491 e. The Morgan fingerprint density at radius 1 is 0.691 bits per heavy atom. The molecule has 13 heteroatoms. The molecule has 0 aliphatic carbocycles. The molecule has 3 heterocycles. The number of amides is 1. The highest BCUT2D eigenvalue weighted by Crippen LogP contribution is 2.28. The highest BCUT2D eigenvalue weighted by molar-refractivity contribution is 5.95. The minimum absolute atomic E-state index is 0.0328. The number of aromatic amines is 2. The van der Waals surface area contributed by atoms with E-state index in [1.54, 1.807) is 35.4 Å². The number of fused-ring (bicyclic) bond motifs is 2. The number of aromatic nitrogens is 2. The second-order valence-corrected chi connectivity index (χ2v) is 12.7. The molecule has 7 rings (SSSR count). The average molecular weight is 752 g/mol. The second-order valence-electron chi connectivity index (χ2n) is 12.7. The average Bonchev–Trinajstić information content (AvgIpc) is 3.21. The Bertz CT molecular complexity index is 2460. The molecule has 1 fully saturated rings. The number of aromatic carboxylic acids is 1. The number of benzene rings is 4. The number of nitrogens with one attached hydrogen (secondary N) is 2. The molecule has 1 aliphatic heterocycles. The van der Waals surface area contributed by atoms with Gasteiger partial charge in [-0.1, -0.05) is 38.1 Å². The minimum atomic E-state index is -1.05. The van der Waals surface area contributed by atoms with Gasteiger partial charge in [-0.25, -0.2) is 13.6 Å². The number of morpholine rings is 1. The van der Waals surface area contributed by atoms with Gasteiger partial charge in [0.2, 0.25) is 0 Å². The van der Waals surface area contributed by atoms with Gasteiger partial charge in [0.05, 0.1) is 53.8 Å². The fourth-order valence-electron chi connectivity index (χ4n) is 6.16. The first-order valence-electron chi connectivity index (χ1n) is 17.9. The fraction of sp³-hybridized carbons (Fsp3) is 0.238. The van der Waals surface area contributed by atoms with Gasteiger partial charge in [-0.15, -0.1) is 0 Å². The van der Waals surface area contributed by atoms with Crippen molar-refractivity contribution in [2.45, 2.75) is 26.7 Å². The summed E-state index contributed by atoms with van der Waals surface area (Å²) in [6.45, 7) is 7.05. The van der Waals surface area contributed by atoms with Gasteiger partial charge in [0.15, 0.2) is 10.9 Å². The van der Waals surface area contributed by atoms with Crippen molar-refractivity contribution in [3.63, 3.8) is 0 Å². The third kappa shape index (κ3) is 8.26. The highest BCUT2D eigenvalue weighted by atomic mass is 19.1. The predicted octanol–water partition coefficient (Wildman–Crippen LogP) is 7.42. The molecule has 0 bridgehead atoms. The van der Waals surface area contributed by atoms with Crippen molar-refractivity contribution >= 4 is 33.7 Å². The van der Waals surface area contributed by atoms with Crippen LogP contribution in [0.1, 0.15) is 47.4 Å². The van der Waals surface area contributed by atoms with Gasteiger partial charge >= 0.3 is 5.97 Å². The van der Waals surface area contributed by atoms with E-state index in [-0.39, 0.29) is 27.8 Å². The van der Waals surface area contributed by atoms with Gasteiger partial charge in [-0.2, -0.15) is 0 Å². The second kappa shape index (κ2) is 17.2. The molecule has 1 aliphatic rings. The molecule has 4 aromatic carbocycles. The Hall–Kier alpha value is -6.34. The van der Waals surface area contributed by atoms with Crippen LogP contribution in [0.5, 0.6) is 11.5 Å². The Morgan fingerprint density at radius 3 is 1.55 bits per heavy atom. The number of carboxylic acid groups (broad SMARTS) is 1. The Labute approximate surface area is 314 Å². The molecule has 2 aromatic heterocycles. The monoisotopic (exact) mass is 751 g/mol. The highest BCUT2D eigenvalue weighted by Gasteiger charge is 2.20. The molecule has 0 radical (unpaired) electrons. The summed E-state index contributed by atoms with van der Waals surface area (Å²) < 4.78 is 45.2.